The number of carbonyl (C=O) groups excluding carboxylic acids is 2. The van der Waals surface area contributed by atoms with E-state index in [0.29, 0.717) is 5.92 Å². The van der Waals surface area contributed by atoms with Crippen molar-refractivity contribution in [2.24, 2.45) is 5.92 Å². The Bertz CT molecular complexity index is 644. The van der Waals surface area contributed by atoms with Gasteiger partial charge < -0.3 is 0 Å². The Kier molecular flexibility index (Phi) is 5.17. The van der Waals surface area contributed by atoms with Crippen molar-refractivity contribution < 1.29 is 9.59 Å². The van der Waals surface area contributed by atoms with Crippen molar-refractivity contribution in [1.29, 1.82) is 0 Å². The number of unbranched alkanes of at least 4 members (excludes halogenated alkanes) is 2. The fourth-order valence-corrected chi connectivity index (χ4v) is 4.05. The fraction of sp³-hybridized carbons (Fsp3) is 0.524. The summed E-state index contributed by atoms with van der Waals surface area (Å²) in [7, 11) is 0. The zero-order chi connectivity index (χ0) is 17.1. The highest BCUT2D eigenvalue weighted by molar-refractivity contribution is 6.13. The number of aryl methyl sites for hydroxylation is 1. The number of amides is 2. The molecule has 0 unspecified atom stereocenters. The van der Waals surface area contributed by atoms with Gasteiger partial charge in [0.15, 0.2) is 0 Å². The minimum absolute atomic E-state index is 0.0804. The topological polar surface area (TPSA) is 37.4 Å². The van der Waals surface area contributed by atoms with Gasteiger partial charge in [-0.2, -0.15) is 0 Å². The van der Waals surface area contributed by atoms with E-state index in [1.54, 1.807) is 0 Å². The van der Waals surface area contributed by atoms with Crippen LogP contribution < -0.4 is 0 Å². The van der Waals surface area contributed by atoms with Crippen LogP contribution in [0.25, 0.3) is 0 Å². The van der Waals surface area contributed by atoms with Crippen molar-refractivity contribution in [3.63, 3.8) is 0 Å². The highest BCUT2D eigenvalue weighted by Crippen LogP contribution is 2.44. The average Bonchev–Trinajstić information content (AvgIpc) is 3.10. The molecule has 0 fully saturated rings. The molecule has 24 heavy (non-hydrogen) atoms. The smallest absolute Gasteiger partial charge is 0.254 e. The first-order chi connectivity index (χ1) is 11.7. The van der Waals surface area contributed by atoms with Crippen LogP contribution in [0.15, 0.2) is 30.4 Å². The minimum atomic E-state index is -0.154. The maximum Gasteiger partial charge on any atom is 0.254 e. The van der Waals surface area contributed by atoms with Crippen LogP contribution in [0.3, 0.4) is 0 Å². The van der Waals surface area contributed by atoms with Crippen molar-refractivity contribution in [3.05, 3.63) is 47.0 Å². The second kappa shape index (κ2) is 7.33. The number of rotatable bonds is 7. The van der Waals surface area contributed by atoms with E-state index >= 15 is 0 Å². The largest absolute Gasteiger partial charge is 0.269 e. The molecule has 3 heteroatoms. The van der Waals surface area contributed by atoms with Gasteiger partial charge in [0.1, 0.15) is 0 Å². The van der Waals surface area contributed by atoms with Gasteiger partial charge in [0.05, 0.1) is 6.04 Å². The van der Waals surface area contributed by atoms with Crippen molar-refractivity contribution >= 4 is 11.8 Å². The van der Waals surface area contributed by atoms with Crippen molar-refractivity contribution in [2.45, 2.75) is 64.8 Å². The third kappa shape index (κ3) is 3.17. The second-order valence-electron chi connectivity index (χ2n) is 7.07. The van der Waals surface area contributed by atoms with Crippen molar-refractivity contribution in [1.82, 2.24) is 4.90 Å². The molecule has 1 aromatic carbocycles. The Hall–Kier alpha value is -1.90. The van der Waals surface area contributed by atoms with Gasteiger partial charge in [-0.25, -0.2) is 0 Å². The monoisotopic (exact) mass is 325 g/mol. The number of carbonyl (C=O) groups is 2. The summed E-state index contributed by atoms with van der Waals surface area (Å²) in [5.41, 5.74) is 3.84. The molecule has 1 aliphatic carbocycles. The normalized spacial score (nSPS) is 22.5. The molecule has 0 N–H and O–H groups in total. The first-order valence-corrected chi connectivity index (χ1v) is 9.32. The van der Waals surface area contributed by atoms with E-state index < -0.39 is 0 Å². The van der Waals surface area contributed by atoms with E-state index in [0.717, 1.165) is 32.1 Å². The number of benzene rings is 1. The van der Waals surface area contributed by atoms with Gasteiger partial charge in [0.2, 0.25) is 0 Å². The molecule has 1 aliphatic heterocycles. The molecule has 2 atom stereocenters. The SMILES string of the molecule is CCCCc1ccc2c(c1)[C@@H](N1C(=O)C=CC1=O)[C@@H](CCCC)C2. The maximum atomic E-state index is 12.3. The van der Waals surface area contributed by atoms with E-state index in [4.69, 9.17) is 0 Å². The summed E-state index contributed by atoms with van der Waals surface area (Å²) in [5, 5.41) is 0. The highest BCUT2D eigenvalue weighted by atomic mass is 16.2. The Labute approximate surface area is 144 Å². The van der Waals surface area contributed by atoms with Crippen LogP contribution in [0.4, 0.5) is 0 Å². The molecular weight excluding hydrogens is 298 g/mol. The number of nitrogens with zero attached hydrogens (tertiary/aromatic N) is 1. The minimum Gasteiger partial charge on any atom is -0.269 e. The zero-order valence-electron chi connectivity index (χ0n) is 14.8. The summed E-state index contributed by atoms with van der Waals surface area (Å²) in [6, 6.07) is 6.61. The molecule has 0 saturated heterocycles. The standard InChI is InChI=1S/C21H27NO2/c1-3-5-7-15-9-10-16-14-17(8-6-4-2)21(18(16)13-15)22-19(23)11-12-20(22)24/h9-13,17,21H,3-8,14H2,1-2H3/t17-,21-/m0/s1. The summed E-state index contributed by atoms with van der Waals surface area (Å²) in [5.74, 6) is 0.0470. The van der Waals surface area contributed by atoms with Gasteiger partial charge in [-0.15, -0.1) is 0 Å². The van der Waals surface area contributed by atoms with Crippen LogP contribution in [-0.4, -0.2) is 16.7 Å². The van der Waals surface area contributed by atoms with Crippen LogP contribution in [0.5, 0.6) is 0 Å². The lowest BCUT2D eigenvalue weighted by atomic mass is 9.93. The van der Waals surface area contributed by atoms with Gasteiger partial charge in [-0.05, 0) is 48.3 Å². The fourth-order valence-electron chi connectivity index (χ4n) is 4.05. The van der Waals surface area contributed by atoms with Crippen LogP contribution in [-0.2, 0) is 22.4 Å². The number of fused-ring (bicyclic) bond motifs is 1. The number of hydrogen-bond donors (Lipinski definition) is 0. The molecule has 1 heterocycles. The molecule has 0 saturated carbocycles. The summed E-state index contributed by atoms with van der Waals surface area (Å²) in [4.78, 5) is 26.0. The van der Waals surface area contributed by atoms with Crippen LogP contribution >= 0.6 is 0 Å². The van der Waals surface area contributed by atoms with Gasteiger partial charge >= 0.3 is 0 Å². The Morgan fingerprint density at radius 2 is 1.75 bits per heavy atom. The zero-order valence-corrected chi connectivity index (χ0v) is 14.8. The predicted molar refractivity (Wildman–Crippen MR) is 95.5 cm³/mol. The number of imide groups is 1. The Balaban J connectivity index is 1.93. The lowest BCUT2D eigenvalue weighted by Crippen LogP contribution is -2.36. The molecule has 1 aromatic rings. The van der Waals surface area contributed by atoms with Crippen LogP contribution in [0, 0.1) is 5.92 Å². The highest BCUT2D eigenvalue weighted by Gasteiger charge is 2.41. The van der Waals surface area contributed by atoms with E-state index in [9.17, 15) is 9.59 Å². The molecule has 2 aliphatic rings. The quantitative estimate of drug-likeness (QED) is 0.699. The predicted octanol–water partition coefficient (Wildman–Crippen LogP) is 4.36. The summed E-state index contributed by atoms with van der Waals surface area (Å²) >= 11 is 0. The molecule has 0 spiro atoms. The van der Waals surface area contributed by atoms with E-state index in [2.05, 4.69) is 32.0 Å². The van der Waals surface area contributed by atoms with Gasteiger partial charge in [-0.1, -0.05) is 51.3 Å². The molecule has 3 rings (SSSR count). The average molecular weight is 325 g/mol. The van der Waals surface area contributed by atoms with Gasteiger partial charge in [-0.3, -0.25) is 14.5 Å². The molecule has 0 bridgehead atoms. The molecule has 3 nitrogen and oxygen atoms in total. The molecular formula is C21H27NO2. The van der Waals surface area contributed by atoms with Gasteiger partial charge in [0.25, 0.3) is 11.8 Å². The third-order valence-electron chi connectivity index (χ3n) is 5.33. The van der Waals surface area contributed by atoms with Crippen LogP contribution in [0.2, 0.25) is 0 Å². The van der Waals surface area contributed by atoms with E-state index in [1.165, 1.54) is 46.6 Å². The maximum absolute atomic E-state index is 12.3. The van der Waals surface area contributed by atoms with Crippen LogP contribution in [0.1, 0.15) is 68.7 Å². The third-order valence-corrected chi connectivity index (χ3v) is 5.33. The van der Waals surface area contributed by atoms with E-state index in [1.807, 2.05) is 0 Å². The van der Waals surface area contributed by atoms with Crippen molar-refractivity contribution in [3.8, 4) is 0 Å². The molecule has 0 radical (unpaired) electrons. The Morgan fingerprint density at radius 1 is 1.04 bits per heavy atom. The first-order valence-electron chi connectivity index (χ1n) is 9.32. The Morgan fingerprint density at radius 3 is 2.42 bits per heavy atom. The first kappa shape index (κ1) is 16.9. The summed E-state index contributed by atoms with van der Waals surface area (Å²) in [6.07, 6.45) is 10.6. The lowest BCUT2D eigenvalue weighted by Gasteiger charge is -2.29. The summed E-state index contributed by atoms with van der Waals surface area (Å²) < 4.78 is 0. The molecule has 0 aromatic heterocycles. The lowest BCUT2D eigenvalue weighted by molar-refractivity contribution is -0.140. The van der Waals surface area contributed by atoms with Gasteiger partial charge in [0, 0.05) is 12.2 Å². The van der Waals surface area contributed by atoms with E-state index in [-0.39, 0.29) is 17.9 Å². The summed E-state index contributed by atoms with van der Waals surface area (Å²) in [6.45, 7) is 4.39. The second-order valence-corrected chi connectivity index (χ2v) is 7.07. The molecule has 128 valence electrons. The van der Waals surface area contributed by atoms with Crippen molar-refractivity contribution in [2.75, 3.05) is 0 Å². The molecule has 2 amide bonds. The number of hydrogen-bond acceptors (Lipinski definition) is 2.